The maximum atomic E-state index is 12.5. The fourth-order valence-corrected chi connectivity index (χ4v) is 3.37. The van der Waals surface area contributed by atoms with Gasteiger partial charge in [-0.15, -0.1) is 11.3 Å². The van der Waals surface area contributed by atoms with E-state index in [1.807, 2.05) is 5.38 Å². The molecule has 3 rings (SSSR count). The van der Waals surface area contributed by atoms with E-state index in [-0.39, 0.29) is 18.6 Å². The first kappa shape index (κ1) is 15.0. The van der Waals surface area contributed by atoms with Gasteiger partial charge in [-0.1, -0.05) is 0 Å². The molecule has 22 heavy (non-hydrogen) atoms. The number of piperidine rings is 1. The van der Waals surface area contributed by atoms with Gasteiger partial charge >= 0.3 is 6.03 Å². The number of alkyl halides is 1. The molecule has 8 heteroatoms. The van der Waals surface area contributed by atoms with Crippen LogP contribution in [0.5, 0.6) is 0 Å². The second-order valence-corrected chi connectivity index (χ2v) is 6.25. The lowest BCUT2D eigenvalue weighted by Gasteiger charge is -2.32. The number of likely N-dealkylation sites (tertiary alicyclic amines) is 1. The summed E-state index contributed by atoms with van der Waals surface area (Å²) in [5, 5.41) is 12.4. The highest BCUT2D eigenvalue weighted by Gasteiger charge is 2.24. The number of aromatic amines is 1. The number of nitrogens with zero attached hydrogens (tertiary/aromatic N) is 3. The molecule has 1 aliphatic heterocycles. The van der Waals surface area contributed by atoms with Gasteiger partial charge in [0.15, 0.2) is 0 Å². The van der Waals surface area contributed by atoms with Crippen LogP contribution in [0, 0.1) is 5.92 Å². The minimum atomic E-state index is -0.323. The first-order valence-corrected chi connectivity index (χ1v) is 8.21. The summed E-state index contributed by atoms with van der Waals surface area (Å²) < 4.78 is 12.5. The molecule has 1 atom stereocenters. The summed E-state index contributed by atoms with van der Waals surface area (Å²) in [6.07, 6.45) is 5.72. The molecular weight excluding hydrogens is 305 g/mol. The van der Waals surface area contributed by atoms with Crippen molar-refractivity contribution in [1.82, 2.24) is 20.1 Å². The zero-order valence-corrected chi connectivity index (χ0v) is 12.9. The average molecular weight is 323 g/mol. The van der Waals surface area contributed by atoms with E-state index in [0.29, 0.717) is 30.9 Å². The number of amides is 2. The van der Waals surface area contributed by atoms with Crippen molar-refractivity contribution in [1.29, 1.82) is 0 Å². The monoisotopic (exact) mass is 323 g/mol. The van der Waals surface area contributed by atoms with E-state index in [4.69, 9.17) is 0 Å². The molecule has 1 saturated heterocycles. The number of carbonyl (C=O) groups excluding carboxylic acids is 1. The van der Waals surface area contributed by atoms with Gasteiger partial charge in [-0.05, 0) is 25.2 Å². The van der Waals surface area contributed by atoms with Crippen LogP contribution in [0.15, 0.2) is 17.8 Å². The van der Waals surface area contributed by atoms with Crippen molar-refractivity contribution >= 4 is 23.1 Å². The second kappa shape index (κ2) is 6.87. The zero-order valence-electron chi connectivity index (χ0n) is 12.1. The number of aromatic nitrogens is 3. The maximum Gasteiger partial charge on any atom is 0.321 e. The molecule has 0 saturated carbocycles. The Balaban J connectivity index is 1.66. The molecule has 1 unspecified atom stereocenters. The van der Waals surface area contributed by atoms with E-state index in [2.05, 4.69) is 20.5 Å². The smallest absolute Gasteiger partial charge is 0.321 e. The number of carbonyl (C=O) groups is 1. The number of hydrogen-bond acceptors (Lipinski definition) is 4. The predicted octanol–water partition coefficient (Wildman–Crippen LogP) is 3.14. The lowest BCUT2D eigenvalue weighted by Crippen LogP contribution is -2.42. The zero-order chi connectivity index (χ0) is 15.4. The normalized spacial score (nSPS) is 18.4. The Kier molecular flexibility index (Phi) is 4.67. The summed E-state index contributed by atoms with van der Waals surface area (Å²) in [4.78, 5) is 18.4. The van der Waals surface area contributed by atoms with Crippen LogP contribution in [-0.4, -0.2) is 45.9 Å². The van der Waals surface area contributed by atoms with Crippen LogP contribution in [0.2, 0.25) is 0 Å². The Morgan fingerprint density at radius 1 is 1.59 bits per heavy atom. The number of anilines is 1. The van der Waals surface area contributed by atoms with Crippen molar-refractivity contribution in [2.45, 2.75) is 19.3 Å². The lowest BCUT2D eigenvalue weighted by atomic mass is 9.96. The molecule has 0 radical (unpaired) electrons. The summed E-state index contributed by atoms with van der Waals surface area (Å²) in [5.41, 5.74) is 1.33. The van der Waals surface area contributed by atoms with Crippen molar-refractivity contribution in [2.75, 3.05) is 25.1 Å². The molecule has 2 aromatic rings. The molecular formula is C14H18FN5OS. The molecule has 2 aromatic heterocycles. The van der Waals surface area contributed by atoms with Crippen molar-refractivity contribution in [3.05, 3.63) is 17.8 Å². The number of H-pyrrole nitrogens is 1. The molecule has 2 amide bonds. The van der Waals surface area contributed by atoms with Crippen molar-refractivity contribution in [2.24, 2.45) is 5.92 Å². The van der Waals surface area contributed by atoms with E-state index in [1.165, 1.54) is 11.3 Å². The molecule has 3 heterocycles. The average Bonchev–Trinajstić information content (AvgIpc) is 3.18. The van der Waals surface area contributed by atoms with Gasteiger partial charge in [0.05, 0.1) is 18.6 Å². The van der Waals surface area contributed by atoms with Crippen LogP contribution < -0.4 is 5.32 Å². The molecule has 2 N–H and O–H groups in total. The number of rotatable bonds is 4. The number of thiazole rings is 1. The highest BCUT2D eigenvalue weighted by atomic mass is 32.1. The minimum Gasteiger partial charge on any atom is -0.324 e. The summed E-state index contributed by atoms with van der Waals surface area (Å²) >= 11 is 1.48. The van der Waals surface area contributed by atoms with Gasteiger partial charge in [-0.25, -0.2) is 9.78 Å². The molecule has 6 nitrogen and oxygen atoms in total. The van der Waals surface area contributed by atoms with Gasteiger partial charge in [0.1, 0.15) is 10.7 Å². The Morgan fingerprint density at radius 2 is 2.50 bits per heavy atom. The lowest BCUT2D eigenvalue weighted by molar-refractivity contribution is 0.170. The molecule has 0 spiro atoms. The van der Waals surface area contributed by atoms with Gasteiger partial charge in [0.2, 0.25) is 0 Å². The Morgan fingerprint density at radius 3 is 3.27 bits per heavy atom. The Bertz CT molecular complexity index is 613. The van der Waals surface area contributed by atoms with E-state index in [1.54, 1.807) is 17.3 Å². The number of nitrogens with one attached hydrogen (secondary N) is 2. The molecule has 0 aliphatic carbocycles. The molecule has 1 aliphatic rings. The topological polar surface area (TPSA) is 73.9 Å². The van der Waals surface area contributed by atoms with Crippen LogP contribution in [-0.2, 0) is 0 Å². The minimum absolute atomic E-state index is 0.164. The largest absolute Gasteiger partial charge is 0.324 e. The van der Waals surface area contributed by atoms with Crippen LogP contribution in [0.3, 0.4) is 0 Å². The maximum absolute atomic E-state index is 12.5. The number of urea groups is 1. The quantitative estimate of drug-likeness (QED) is 0.908. The summed E-state index contributed by atoms with van der Waals surface area (Å²) in [6, 6.07) is -0.164. The van der Waals surface area contributed by atoms with E-state index in [0.717, 1.165) is 17.8 Å². The van der Waals surface area contributed by atoms with Gasteiger partial charge in [-0.3, -0.25) is 9.49 Å². The van der Waals surface area contributed by atoms with Crippen molar-refractivity contribution < 1.29 is 9.18 Å². The second-order valence-electron chi connectivity index (χ2n) is 5.36. The van der Waals surface area contributed by atoms with Gasteiger partial charge in [0.25, 0.3) is 0 Å². The fraction of sp³-hybridized carbons (Fsp3) is 0.500. The standard InChI is InChI=1S/C14H18FN5OS/c15-4-3-10-2-1-6-20(9-10)14(21)18-11-8-17-19-12(11)13-16-5-7-22-13/h5,7-8,10H,1-4,6,9H2,(H,17,19)(H,18,21). The summed E-state index contributed by atoms with van der Waals surface area (Å²) in [5.74, 6) is 0.257. The van der Waals surface area contributed by atoms with Crippen molar-refractivity contribution in [3.8, 4) is 10.7 Å². The van der Waals surface area contributed by atoms with Crippen LogP contribution >= 0.6 is 11.3 Å². The Labute approximate surface area is 131 Å². The number of hydrogen-bond donors (Lipinski definition) is 2. The third-order valence-corrected chi connectivity index (χ3v) is 4.64. The summed E-state index contributed by atoms with van der Waals surface area (Å²) in [6.45, 7) is 0.995. The van der Waals surface area contributed by atoms with Crippen LogP contribution in [0.25, 0.3) is 10.7 Å². The first-order valence-electron chi connectivity index (χ1n) is 7.33. The van der Waals surface area contributed by atoms with E-state index >= 15 is 0 Å². The van der Waals surface area contributed by atoms with Gasteiger partial charge in [0, 0.05) is 24.7 Å². The van der Waals surface area contributed by atoms with Gasteiger partial charge < -0.3 is 10.2 Å². The van der Waals surface area contributed by atoms with Crippen LogP contribution in [0.1, 0.15) is 19.3 Å². The first-order chi connectivity index (χ1) is 10.8. The number of halogens is 1. The molecule has 0 bridgehead atoms. The van der Waals surface area contributed by atoms with Crippen LogP contribution in [0.4, 0.5) is 14.9 Å². The highest BCUT2D eigenvalue weighted by Crippen LogP contribution is 2.27. The Hall–Kier alpha value is -1.96. The third kappa shape index (κ3) is 3.27. The van der Waals surface area contributed by atoms with E-state index in [9.17, 15) is 9.18 Å². The molecule has 0 aromatic carbocycles. The third-order valence-electron chi connectivity index (χ3n) is 3.85. The fourth-order valence-electron chi connectivity index (χ4n) is 2.72. The summed E-state index contributed by atoms with van der Waals surface area (Å²) in [7, 11) is 0. The van der Waals surface area contributed by atoms with Gasteiger partial charge in [-0.2, -0.15) is 5.10 Å². The van der Waals surface area contributed by atoms with E-state index < -0.39 is 0 Å². The van der Waals surface area contributed by atoms with Crippen molar-refractivity contribution in [3.63, 3.8) is 0 Å². The molecule has 118 valence electrons. The highest BCUT2D eigenvalue weighted by molar-refractivity contribution is 7.13. The predicted molar refractivity (Wildman–Crippen MR) is 83.6 cm³/mol. The molecule has 1 fully saturated rings. The SMILES string of the molecule is O=C(Nc1cn[nH]c1-c1nccs1)N1CCCC(CCF)C1.